The summed E-state index contributed by atoms with van der Waals surface area (Å²) in [6, 6.07) is 0. The summed E-state index contributed by atoms with van der Waals surface area (Å²) in [4.78, 5) is 21.7. The van der Waals surface area contributed by atoms with Crippen LogP contribution in [0.5, 0.6) is 0 Å². The number of amides is 1. The van der Waals surface area contributed by atoms with Crippen LogP contribution in [0.2, 0.25) is 0 Å². The standard InChI is InChI=1S/C8H6ClF8NO2/c1-5(3(19)2-9,7(12,13)14)18-4(20)6(10,11)8(15,16)17/h2H2,1H3,(H,18,20). The maximum absolute atomic E-state index is 12.6. The molecule has 0 rings (SSSR count). The molecule has 0 saturated carbocycles. The minimum atomic E-state index is -6.41. The van der Waals surface area contributed by atoms with E-state index in [4.69, 9.17) is 11.6 Å². The molecule has 1 N–H and O–H groups in total. The molecule has 0 heterocycles. The Morgan fingerprint density at radius 2 is 1.35 bits per heavy atom. The average Bonchev–Trinajstić information content (AvgIpc) is 2.24. The zero-order valence-electron chi connectivity index (χ0n) is 9.43. The highest BCUT2D eigenvalue weighted by atomic mass is 35.5. The molecule has 0 radical (unpaired) electrons. The summed E-state index contributed by atoms with van der Waals surface area (Å²) in [7, 11) is 0. The lowest BCUT2D eigenvalue weighted by molar-refractivity contribution is -0.272. The van der Waals surface area contributed by atoms with Crippen molar-refractivity contribution in [1.29, 1.82) is 0 Å². The summed E-state index contributed by atoms with van der Waals surface area (Å²) in [5, 5.41) is 0.363. The van der Waals surface area contributed by atoms with Gasteiger partial charge in [-0.25, -0.2) is 0 Å². The number of ketones is 1. The van der Waals surface area contributed by atoms with Crippen LogP contribution >= 0.6 is 11.6 Å². The second-order valence-electron chi connectivity index (χ2n) is 3.71. The maximum Gasteiger partial charge on any atom is 0.463 e. The molecule has 20 heavy (non-hydrogen) atoms. The molecular weight excluding hydrogens is 330 g/mol. The summed E-state index contributed by atoms with van der Waals surface area (Å²) in [6.07, 6.45) is -12.0. The van der Waals surface area contributed by atoms with Gasteiger partial charge >= 0.3 is 24.2 Å². The number of hydrogen-bond donors (Lipinski definition) is 1. The van der Waals surface area contributed by atoms with Gasteiger partial charge in [-0.15, -0.1) is 11.6 Å². The van der Waals surface area contributed by atoms with Crippen molar-refractivity contribution in [2.24, 2.45) is 0 Å². The molecule has 12 heteroatoms. The third kappa shape index (κ3) is 3.30. The van der Waals surface area contributed by atoms with Gasteiger partial charge in [0.1, 0.15) is 0 Å². The molecule has 3 nitrogen and oxygen atoms in total. The number of hydrogen-bond acceptors (Lipinski definition) is 2. The molecule has 0 aliphatic heterocycles. The average molecular weight is 336 g/mol. The molecule has 0 aliphatic rings. The third-order valence-electron chi connectivity index (χ3n) is 2.25. The number of rotatable bonds is 4. The minimum Gasteiger partial charge on any atom is -0.331 e. The van der Waals surface area contributed by atoms with Gasteiger partial charge in [0.2, 0.25) is 0 Å². The lowest BCUT2D eigenvalue weighted by Gasteiger charge is -2.32. The Bertz CT molecular complexity index is 404. The molecule has 1 atom stereocenters. The van der Waals surface area contributed by atoms with Crippen LogP contribution < -0.4 is 5.32 Å². The van der Waals surface area contributed by atoms with E-state index in [-0.39, 0.29) is 6.92 Å². The molecule has 1 unspecified atom stereocenters. The summed E-state index contributed by atoms with van der Waals surface area (Å²) in [6.45, 7) is -0.0674. The van der Waals surface area contributed by atoms with Crippen molar-refractivity contribution in [3.05, 3.63) is 0 Å². The summed E-state index contributed by atoms with van der Waals surface area (Å²) >= 11 is 4.82. The van der Waals surface area contributed by atoms with Gasteiger partial charge in [0.15, 0.2) is 11.3 Å². The zero-order chi connectivity index (χ0) is 16.6. The smallest absolute Gasteiger partial charge is 0.331 e. The van der Waals surface area contributed by atoms with E-state index in [0.717, 1.165) is 0 Å². The summed E-state index contributed by atoms with van der Waals surface area (Å²) < 4.78 is 98.3. The number of halogens is 9. The van der Waals surface area contributed by atoms with Crippen LogP contribution in [0.4, 0.5) is 35.1 Å². The number of carbonyl (C=O) groups is 2. The summed E-state index contributed by atoms with van der Waals surface area (Å²) in [5.74, 6) is -12.7. The van der Waals surface area contributed by atoms with Crippen LogP contribution in [0, 0.1) is 0 Å². The number of carbonyl (C=O) groups excluding carboxylic acids is 2. The fourth-order valence-electron chi connectivity index (χ4n) is 0.867. The Morgan fingerprint density at radius 1 is 0.950 bits per heavy atom. The predicted molar refractivity (Wildman–Crippen MR) is 49.3 cm³/mol. The van der Waals surface area contributed by atoms with Crippen LogP contribution in [0.25, 0.3) is 0 Å². The van der Waals surface area contributed by atoms with E-state index in [2.05, 4.69) is 0 Å². The topological polar surface area (TPSA) is 46.2 Å². The fraction of sp³-hybridized carbons (Fsp3) is 0.750. The van der Waals surface area contributed by atoms with E-state index in [1.54, 1.807) is 0 Å². The van der Waals surface area contributed by atoms with Crippen molar-refractivity contribution in [2.75, 3.05) is 5.88 Å². The lowest BCUT2D eigenvalue weighted by Crippen LogP contribution is -2.66. The van der Waals surface area contributed by atoms with E-state index in [9.17, 15) is 44.7 Å². The normalized spacial score (nSPS) is 16.5. The molecule has 0 aliphatic carbocycles. The number of nitrogens with one attached hydrogen (secondary N) is 1. The SMILES string of the molecule is CC(NC(=O)C(F)(F)C(F)(F)F)(C(=O)CCl)C(F)(F)F. The zero-order valence-corrected chi connectivity index (χ0v) is 10.2. The van der Waals surface area contributed by atoms with E-state index in [1.165, 1.54) is 0 Å². The van der Waals surface area contributed by atoms with Gasteiger partial charge in [0.25, 0.3) is 0 Å². The molecule has 0 aromatic rings. The van der Waals surface area contributed by atoms with Crippen molar-refractivity contribution in [2.45, 2.75) is 30.7 Å². The van der Waals surface area contributed by atoms with Gasteiger partial charge in [0, 0.05) is 0 Å². The molecule has 118 valence electrons. The molecule has 0 fully saturated rings. The van der Waals surface area contributed by atoms with Crippen LogP contribution in [-0.2, 0) is 9.59 Å². The fourth-order valence-corrected chi connectivity index (χ4v) is 1.13. The van der Waals surface area contributed by atoms with Crippen molar-refractivity contribution >= 4 is 23.3 Å². The molecule has 0 aromatic heterocycles. The van der Waals surface area contributed by atoms with Crippen LogP contribution in [0.1, 0.15) is 6.92 Å². The number of Topliss-reactive ketones (excluding diaryl/α,β-unsaturated/α-hetero) is 1. The van der Waals surface area contributed by atoms with Gasteiger partial charge < -0.3 is 5.32 Å². The Balaban J connectivity index is 5.54. The lowest BCUT2D eigenvalue weighted by atomic mass is 9.96. The molecule has 0 spiro atoms. The van der Waals surface area contributed by atoms with Gasteiger partial charge in [-0.1, -0.05) is 0 Å². The monoisotopic (exact) mass is 335 g/mol. The molecule has 0 aromatic carbocycles. The van der Waals surface area contributed by atoms with E-state index < -0.39 is 41.4 Å². The van der Waals surface area contributed by atoms with Crippen molar-refractivity contribution in [3.8, 4) is 0 Å². The van der Waals surface area contributed by atoms with Gasteiger partial charge in [-0.3, -0.25) is 9.59 Å². The van der Waals surface area contributed by atoms with E-state index >= 15 is 0 Å². The third-order valence-corrected chi connectivity index (χ3v) is 2.49. The first-order chi connectivity index (χ1) is 8.61. The van der Waals surface area contributed by atoms with E-state index in [0.29, 0.717) is 5.32 Å². The molecule has 0 bridgehead atoms. The quantitative estimate of drug-likeness (QED) is 0.633. The first-order valence-corrected chi connectivity index (χ1v) is 5.08. The van der Waals surface area contributed by atoms with Gasteiger partial charge in [-0.05, 0) is 6.92 Å². The van der Waals surface area contributed by atoms with Crippen LogP contribution in [0.15, 0.2) is 0 Å². The van der Waals surface area contributed by atoms with Crippen molar-refractivity contribution in [3.63, 3.8) is 0 Å². The Kier molecular flexibility index (Phi) is 5.04. The highest BCUT2D eigenvalue weighted by Gasteiger charge is 2.67. The Labute approximate surface area is 111 Å². The maximum atomic E-state index is 12.6. The Hall–Kier alpha value is -1.13. The first-order valence-electron chi connectivity index (χ1n) is 4.54. The van der Waals surface area contributed by atoms with Crippen LogP contribution in [-0.4, -0.2) is 41.4 Å². The highest BCUT2D eigenvalue weighted by Crippen LogP contribution is 2.38. The van der Waals surface area contributed by atoms with E-state index in [1.807, 2.05) is 0 Å². The predicted octanol–water partition coefficient (Wildman–Crippen LogP) is 2.43. The number of alkyl halides is 9. The largest absolute Gasteiger partial charge is 0.463 e. The van der Waals surface area contributed by atoms with Crippen molar-refractivity contribution in [1.82, 2.24) is 5.32 Å². The first kappa shape index (κ1) is 18.9. The molecule has 1 amide bonds. The minimum absolute atomic E-state index is 0.0674. The van der Waals surface area contributed by atoms with Gasteiger partial charge in [-0.2, -0.15) is 35.1 Å². The second kappa shape index (κ2) is 5.34. The second-order valence-corrected chi connectivity index (χ2v) is 3.97. The molecular formula is C8H6ClF8NO2. The highest BCUT2D eigenvalue weighted by molar-refractivity contribution is 6.29. The molecule has 0 saturated heterocycles. The Morgan fingerprint density at radius 3 is 1.60 bits per heavy atom. The van der Waals surface area contributed by atoms with Crippen molar-refractivity contribution < 1.29 is 44.7 Å². The van der Waals surface area contributed by atoms with Crippen LogP contribution in [0.3, 0.4) is 0 Å². The van der Waals surface area contributed by atoms with Gasteiger partial charge in [0.05, 0.1) is 5.88 Å². The summed E-state index contributed by atoms with van der Waals surface area (Å²) in [5.41, 5.74) is -3.96.